The molecule has 5 heteroatoms. The number of ether oxygens (including phenoxy) is 1. The average molecular weight is 310 g/mol. The topological polar surface area (TPSA) is 44.4 Å². The molecule has 3 rings (SSSR count). The molecule has 3 unspecified atom stereocenters. The number of halogens is 1. The van der Waals surface area contributed by atoms with Crippen molar-refractivity contribution >= 4 is 22.7 Å². The molecule has 0 bridgehead atoms. The first-order valence-electron chi connectivity index (χ1n) is 7.49. The number of rotatable bonds is 4. The van der Waals surface area contributed by atoms with Crippen LogP contribution in [0.4, 0.5) is 0 Å². The highest BCUT2D eigenvalue weighted by Gasteiger charge is 2.29. The normalized spacial score (nSPS) is 23.8. The Morgan fingerprint density at radius 1 is 1.48 bits per heavy atom. The van der Waals surface area contributed by atoms with Gasteiger partial charge in [0, 0.05) is 12.5 Å². The molecule has 114 valence electrons. The SMILES string of the molecule is CCCn1c(=O)oc2cc(C(Cl)C3COC(C)C3)ccc21. The van der Waals surface area contributed by atoms with Crippen molar-refractivity contribution in [3.8, 4) is 0 Å². The van der Waals surface area contributed by atoms with Crippen molar-refractivity contribution in [2.45, 2.75) is 44.7 Å². The summed E-state index contributed by atoms with van der Waals surface area (Å²) >= 11 is 6.58. The summed E-state index contributed by atoms with van der Waals surface area (Å²) in [6.07, 6.45) is 2.13. The molecule has 1 aliphatic heterocycles. The first-order valence-corrected chi connectivity index (χ1v) is 7.92. The third-order valence-corrected chi connectivity index (χ3v) is 4.71. The molecule has 2 heterocycles. The van der Waals surface area contributed by atoms with E-state index >= 15 is 0 Å². The van der Waals surface area contributed by atoms with Gasteiger partial charge < -0.3 is 9.15 Å². The Hall–Kier alpha value is -1.26. The number of aryl methyl sites for hydroxylation is 1. The zero-order valence-electron chi connectivity index (χ0n) is 12.3. The number of oxazole rings is 1. The zero-order chi connectivity index (χ0) is 15.0. The molecule has 1 saturated heterocycles. The number of alkyl halides is 1. The number of fused-ring (bicyclic) bond motifs is 1. The smallest absolute Gasteiger partial charge is 0.408 e. The van der Waals surface area contributed by atoms with Gasteiger partial charge in [-0.05, 0) is 37.5 Å². The van der Waals surface area contributed by atoms with Gasteiger partial charge in [-0.25, -0.2) is 4.79 Å². The predicted octanol–water partition coefficient (Wildman–Crippen LogP) is 3.71. The quantitative estimate of drug-likeness (QED) is 0.809. The van der Waals surface area contributed by atoms with Gasteiger partial charge in [-0.3, -0.25) is 4.57 Å². The summed E-state index contributed by atoms with van der Waals surface area (Å²) in [5.74, 6) is 0.0107. The monoisotopic (exact) mass is 309 g/mol. The van der Waals surface area contributed by atoms with Gasteiger partial charge >= 0.3 is 5.76 Å². The predicted molar refractivity (Wildman–Crippen MR) is 82.9 cm³/mol. The molecule has 21 heavy (non-hydrogen) atoms. The largest absolute Gasteiger partial charge is 0.419 e. The molecule has 0 saturated carbocycles. The number of hydrogen-bond acceptors (Lipinski definition) is 3. The molecule has 1 fully saturated rings. The van der Waals surface area contributed by atoms with Crippen molar-refractivity contribution in [2.24, 2.45) is 5.92 Å². The second-order valence-electron chi connectivity index (χ2n) is 5.79. The lowest BCUT2D eigenvalue weighted by molar-refractivity contribution is 0.120. The molecular formula is C16H20ClNO3. The number of nitrogens with zero attached hydrogens (tertiary/aromatic N) is 1. The van der Waals surface area contributed by atoms with E-state index in [0.717, 1.165) is 23.9 Å². The fourth-order valence-corrected chi connectivity index (χ4v) is 3.33. The molecule has 0 radical (unpaired) electrons. The minimum atomic E-state index is -0.298. The molecule has 0 N–H and O–H groups in total. The lowest BCUT2D eigenvalue weighted by atomic mass is 9.96. The van der Waals surface area contributed by atoms with Crippen molar-refractivity contribution < 1.29 is 9.15 Å². The van der Waals surface area contributed by atoms with E-state index in [2.05, 4.69) is 6.92 Å². The van der Waals surface area contributed by atoms with Crippen LogP contribution in [0.25, 0.3) is 11.1 Å². The van der Waals surface area contributed by atoms with Crippen molar-refractivity contribution in [3.63, 3.8) is 0 Å². The maximum atomic E-state index is 11.9. The summed E-state index contributed by atoms with van der Waals surface area (Å²) in [5.41, 5.74) is 2.44. The van der Waals surface area contributed by atoms with Gasteiger partial charge in [0.2, 0.25) is 0 Å². The van der Waals surface area contributed by atoms with Gasteiger partial charge in [-0.15, -0.1) is 11.6 Å². The van der Waals surface area contributed by atoms with Crippen LogP contribution in [-0.4, -0.2) is 17.3 Å². The number of benzene rings is 1. The fraction of sp³-hybridized carbons (Fsp3) is 0.562. The fourth-order valence-electron chi connectivity index (χ4n) is 3.02. The van der Waals surface area contributed by atoms with E-state index < -0.39 is 0 Å². The van der Waals surface area contributed by atoms with Crippen LogP contribution >= 0.6 is 11.6 Å². The zero-order valence-corrected chi connectivity index (χ0v) is 13.1. The lowest BCUT2D eigenvalue weighted by Gasteiger charge is -2.15. The minimum Gasteiger partial charge on any atom is -0.408 e. The highest BCUT2D eigenvalue weighted by molar-refractivity contribution is 6.21. The third kappa shape index (κ3) is 2.74. The van der Waals surface area contributed by atoms with Crippen molar-refractivity contribution in [2.75, 3.05) is 6.61 Å². The van der Waals surface area contributed by atoms with Crippen LogP contribution in [-0.2, 0) is 11.3 Å². The maximum Gasteiger partial charge on any atom is 0.419 e. The number of aromatic nitrogens is 1. The van der Waals surface area contributed by atoms with E-state index in [4.69, 9.17) is 20.8 Å². The summed E-state index contributed by atoms with van der Waals surface area (Å²) in [7, 11) is 0. The van der Waals surface area contributed by atoms with Crippen LogP contribution < -0.4 is 5.76 Å². The van der Waals surface area contributed by atoms with Gasteiger partial charge in [0.1, 0.15) is 0 Å². The van der Waals surface area contributed by atoms with E-state index in [1.54, 1.807) is 4.57 Å². The highest BCUT2D eigenvalue weighted by Crippen LogP contribution is 2.37. The molecule has 3 atom stereocenters. The summed E-state index contributed by atoms with van der Waals surface area (Å²) in [4.78, 5) is 11.9. The highest BCUT2D eigenvalue weighted by atomic mass is 35.5. The van der Waals surface area contributed by atoms with E-state index in [9.17, 15) is 4.79 Å². The molecule has 0 aliphatic carbocycles. The van der Waals surface area contributed by atoms with Crippen molar-refractivity contribution in [3.05, 3.63) is 34.3 Å². The van der Waals surface area contributed by atoms with E-state index in [0.29, 0.717) is 24.7 Å². The van der Waals surface area contributed by atoms with Crippen molar-refractivity contribution in [1.82, 2.24) is 4.57 Å². The minimum absolute atomic E-state index is 0.112. The van der Waals surface area contributed by atoms with Crippen LogP contribution in [0.2, 0.25) is 0 Å². The van der Waals surface area contributed by atoms with Crippen molar-refractivity contribution in [1.29, 1.82) is 0 Å². The Labute approximate surface area is 128 Å². The Morgan fingerprint density at radius 3 is 2.95 bits per heavy atom. The first kappa shape index (κ1) is 14.7. The first-order chi connectivity index (χ1) is 10.1. The lowest BCUT2D eigenvalue weighted by Crippen LogP contribution is -2.13. The second kappa shape index (κ2) is 5.85. The molecule has 4 nitrogen and oxygen atoms in total. The summed E-state index contributed by atoms with van der Waals surface area (Å²) < 4.78 is 12.6. The van der Waals surface area contributed by atoms with E-state index in [1.807, 2.05) is 25.1 Å². The van der Waals surface area contributed by atoms with Crippen LogP contribution in [0, 0.1) is 5.92 Å². The van der Waals surface area contributed by atoms with Crippen LogP contribution in [0.3, 0.4) is 0 Å². The molecule has 0 amide bonds. The van der Waals surface area contributed by atoms with Gasteiger partial charge in [0.25, 0.3) is 0 Å². The van der Waals surface area contributed by atoms with Crippen LogP contribution in [0.1, 0.15) is 37.6 Å². The Bertz CT molecular complexity index is 690. The molecular weight excluding hydrogens is 290 g/mol. The molecule has 1 aromatic carbocycles. The standard InChI is InChI=1S/C16H20ClNO3/c1-3-6-18-13-5-4-11(8-14(13)21-16(18)19)15(17)12-7-10(2)20-9-12/h4-5,8,10,12,15H,3,6-7,9H2,1-2H3. The summed E-state index contributed by atoms with van der Waals surface area (Å²) in [6, 6.07) is 5.81. The van der Waals surface area contributed by atoms with Gasteiger partial charge in [0.15, 0.2) is 5.58 Å². The molecule has 1 aliphatic rings. The van der Waals surface area contributed by atoms with Gasteiger partial charge in [-0.1, -0.05) is 13.0 Å². The molecule has 1 aromatic heterocycles. The average Bonchev–Trinajstić information content (AvgIpc) is 3.02. The molecule has 2 aromatic rings. The third-order valence-electron chi connectivity index (χ3n) is 4.10. The van der Waals surface area contributed by atoms with Gasteiger partial charge in [0.05, 0.1) is 23.6 Å². The second-order valence-corrected chi connectivity index (χ2v) is 6.26. The number of hydrogen-bond donors (Lipinski definition) is 0. The summed E-state index contributed by atoms with van der Waals surface area (Å²) in [6.45, 7) is 5.46. The summed E-state index contributed by atoms with van der Waals surface area (Å²) in [5, 5.41) is -0.112. The van der Waals surface area contributed by atoms with E-state index in [1.165, 1.54) is 0 Å². The molecule has 0 spiro atoms. The Kier molecular flexibility index (Phi) is 4.09. The van der Waals surface area contributed by atoms with E-state index in [-0.39, 0.29) is 17.2 Å². The Morgan fingerprint density at radius 2 is 2.29 bits per heavy atom. The van der Waals surface area contributed by atoms with Gasteiger partial charge in [-0.2, -0.15) is 0 Å². The van der Waals surface area contributed by atoms with Crippen LogP contribution in [0.15, 0.2) is 27.4 Å². The Balaban J connectivity index is 1.92. The maximum absolute atomic E-state index is 11.9. The van der Waals surface area contributed by atoms with Crippen LogP contribution in [0.5, 0.6) is 0 Å².